The molecule has 0 radical (unpaired) electrons. The summed E-state index contributed by atoms with van der Waals surface area (Å²) in [5.41, 5.74) is 0. The van der Waals surface area contributed by atoms with Gasteiger partial charge in [-0.25, -0.2) is 8.42 Å². The molecule has 0 unspecified atom stereocenters. The van der Waals surface area contributed by atoms with Gasteiger partial charge >= 0.3 is 5.97 Å². The van der Waals surface area contributed by atoms with Gasteiger partial charge in [-0.1, -0.05) is 18.5 Å². The van der Waals surface area contributed by atoms with Crippen LogP contribution in [0.4, 0.5) is 0 Å². The molecular formula is C12H13BrClNO4S. The van der Waals surface area contributed by atoms with Crippen molar-refractivity contribution in [2.45, 2.75) is 11.8 Å². The van der Waals surface area contributed by atoms with Crippen LogP contribution in [-0.2, 0) is 14.8 Å². The molecule has 5 nitrogen and oxygen atoms in total. The minimum atomic E-state index is -3.71. The summed E-state index contributed by atoms with van der Waals surface area (Å²) in [4.78, 5) is 11.1. The van der Waals surface area contributed by atoms with Crippen molar-refractivity contribution in [2.75, 3.05) is 13.1 Å². The average Bonchev–Trinajstić information content (AvgIpc) is 2.75. The van der Waals surface area contributed by atoms with Gasteiger partial charge in [0.2, 0.25) is 10.0 Å². The lowest BCUT2D eigenvalue weighted by Crippen LogP contribution is -2.30. The first-order valence-electron chi connectivity index (χ1n) is 5.91. The molecule has 1 aliphatic rings. The van der Waals surface area contributed by atoms with E-state index in [0.717, 1.165) is 0 Å². The van der Waals surface area contributed by atoms with E-state index in [1.807, 2.05) is 0 Å². The van der Waals surface area contributed by atoms with Crippen LogP contribution in [0.25, 0.3) is 0 Å². The van der Waals surface area contributed by atoms with Crippen LogP contribution in [0.3, 0.4) is 0 Å². The summed E-state index contributed by atoms with van der Waals surface area (Å²) >= 11 is 9.11. The summed E-state index contributed by atoms with van der Waals surface area (Å²) in [6, 6.07) is 4.37. The van der Waals surface area contributed by atoms with Gasteiger partial charge in [0, 0.05) is 17.6 Å². The molecule has 1 aromatic rings. The van der Waals surface area contributed by atoms with E-state index in [9.17, 15) is 13.2 Å². The van der Waals surface area contributed by atoms with Crippen LogP contribution in [0.15, 0.2) is 27.6 Å². The highest BCUT2D eigenvalue weighted by atomic mass is 79.9. The van der Waals surface area contributed by atoms with Crippen LogP contribution >= 0.6 is 27.5 Å². The van der Waals surface area contributed by atoms with Gasteiger partial charge in [0.1, 0.15) is 0 Å². The van der Waals surface area contributed by atoms with Gasteiger partial charge < -0.3 is 5.11 Å². The van der Waals surface area contributed by atoms with Gasteiger partial charge in [-0.3, -0.25) is 4.79 Å². The zero-order valence-corrected chi connectivity index (χ0v) is 13.7. The number of hydrogen-bond donors (Lipinski definition) is 1. The average molecular weight is 383 g/mol. The van der Waals surface area contributed by atoms with Gasteiger partial charge in [0.15, 0.2) is 0 Å². The number of hydrogen-bond acceptors (Lipinski definition) is 3. The lowest BCUT2D eigenvalue weighted by Gasteiger charge is -2.16. The Hall–Kier alpha value is -0.630. The molecule has 2 atom stereocenters. The number of carboxylic acids is 1. The summed E-state index contributed by atoms with van der Waals surface area (Å²) in [5, 5.41) is 9.37. The molecule has 8 heteroatoms. The van der Waals surface area contributed by atoms with Crippen molar-refractivity contribution in [3.8, 4) is 0 Å². The van der Waals surface area contributed by atoms with Gasteiger partial charge in [0.05, 0.1) is 15.8 Å². The number of carbonyl (C=O) groups is 1. The topological polar surface area (TPSA) is 74.7 Å². The van der Waals surface area contributed by atoms with E-state index in [-0.39, 0.29) is 23.9 Å². The highest BCUT2D eigenvalue weighted by Gasteiger charge is 2.40. The third-order valence-corrected chi connectivity index (χ3v) is 6.48. The Balaban J connectivity index is 2.32. The smallest absolute Gasteiger partial charge is 0.308 e. The number of nitrogens with zero attached hydrogens (tertiary/aromatic N) is 1. The van der Waals surface area contributed by atoms with E-state index in [4.69, 9.17) is 16.7 Å². The Morgan fingerprint density at radius 2 is 2.10 bits per heavy atom. The number of carboxylic acid groups (broad SMARTS) is 1. The Labute approximate surface area is 130 Å². The molecule has 0 aromatic heterocycles. The quantitative estimate of drug-likeness (QED) is 0.871. The first kappa shape index (κ1) is 15.8. The Morgan fingerprint density at radius 3 is 2.60 bits per heavy atom. The Bertz CT molecular complexity index is 649. The molecule has 110 valence electrons. The minimum Gasteiger partial charge on any atom is -0.481 e. The van der Waals surface area contributed by atoms with Gasteiger partial charge in [-0.05, 0) is 40.0 Å². The van der Waals surface area contributed by atoms with Crippen molar-refractivity contribution in [1.29, 1.82) is 0 Å². The van der Waals surface area contributed by atoms with Crippen LogP contribution in [-0.4, -0.2) is 36.9 Å². The highest BCUT2D eigenvalue weighted by Crippen LogP contribution is 2.31. The van der Waals surface area contributed by atoms with E-state index in [1.165, 1.54) is 16.4 Å². The summed E-state index contributed by atoms with van der Waals surface area (Å²) in [6.45, 7) is 1.93. The largest absolute Gasteiger partial charge is 0.481 e. The Kier molecular flexibility index (Phi) is 4.44. The molecule has 1 N–H and O–H groups in total. The van der Waals surface area contributed by atoms with Crippen LogP contribution in [0.5, 0.6) is 0 Å². The second kappa shape index (κ2) is 5.63. The van der Waals surface area contributed by atoms with Gasteiger partial charge in [-0.15, -0.1) is 0 Å². The maximum Gasteiger partial charge on any atom is 0.308 e. The molecule has 20 heavy (non-hydrogen) atoms. The summed E-state index contributed by atoms with van der Waals surface area (Å²) in [6.07, 6.45) is 0. The molecule has 1 aromatic carbocycles. The Morgan fingerprint density at radius 1 is 1.45 bits per heavy atom. The molecule has 2 rings (SSSR count). The lowest BCUT2D eigenvalue weighted by atomic mass is 9.99. The van der Waals surface area contributed by atoms with Crippen LogP contribution < -0.4 is 0 Å². The first-order chi connectivity index (χ1) is 9.23. The number of benzene rings is 1. The zero-order valence-electron chi connectivity index (χ0n) is 10.6. The lowest BCUT2D eigenvalue weighted by molar-refractivity contribution is -0.142. The predicted octanol–water partition coefficient (Wildman–Crippen LogP) is 2.44. The monoisotopic (exact) mass is 381 g/mol. The van der Waals surface area contributed by atoms with Crippen molar-refractivity contribution >= 4 is 43.5 Å². The molecular weight excluding hydrogens is 370 g/mol. The van der Waals surface area contributed by atoms with E-state index in [1.54, 1.807) is 13.0 Å². The fourth-order valence-electron chi connectivity index (χ4n) is 2.23. The van der Waals surface area contributed by atoms with Crippen LogP contribution in [0, 0.1) is 11.8 Å². The third kappa shape index (κ3) is 2.86. The van der Waals surface area contributed by atoms with Crippen molar-refractivity contribution in [2.24, 2.45) is 11.8 Å². The van der Waals surface area contributed by atoms with Crippen molar-refractivity contribution in [3.05, 3.63) is 27.7 Å². The number of aliphatic carboxylic acids is 1. The molecule has 0 aliphatic carbocycles. The van der Waals surface area contributed by atoms with E-state index in [2.05, 4.69) is 15.9 Å². The molecule has 0 saturated carbocycles. The number of rotatable bonds is 3. The maximum atomic E-state index is 12.5. The van der Waals surface area contributed by atoms with E-state index < -0.39 is 21.9 Å². The van der Waals surface area contributed by atoms with E-state index in [0.29, 0.717) is 9.50 Å². The van der Waals surface area contributed by atoms with Gasteiger partial charge in [-0.2, -0.15) is 4.31 Å². The van der Waals surface area contributed by atoms with Crippen LogP contribution in [0.1, 0.15) is 6.92 Å². The SMILES string of the molecule is C[C@@H]1CN(S(=O)(=O)c2ccc(Br)c(Cl)c2)C[C@H]1C(=O)O. The molecule has 1 heterocycles. The van der Waals surface area contributed by atoms with Crippen LogP contribution in [0.2, 0.25) is 5.02 Å². The second-order valence-electron chi connectivity index (χ2n) is 4.82. The summed E-state index contributed by atoms with van der Waals surface area (Å²) in [5.74, 6) is -1.85. The zero-order chi connectivity index (χ0) is 15.1. The number of sulfonamides is 1. The van der Waals surface area contributed by atoms with E-state index >= 15 is 0 Å². The standard InChI is InChI=1S/C12H13BrClNO4S/c1-7-5-15(6-9(7)12(16)17)20(18,19)8-2-3-10(13)11(14)4-8/h2-4,7,9H,5-6H2,1H3,(H,16,17)/t7-,9-/m1/s1. The molecule has 1 fully saturated rings. The fraction of sp³-hybridized carbons (Fsp3) is 0.417. The highest BCUT2D eigenvalue weighted by molar-refractivity contribution is 9.10. The summed E-state index contributed by atoms with van der Waals surface area (Å²) in [7, 11) is -3.71. The maximum absolute atomic E-state index is 12.5. The molecule has 0 amide bonds. The number of halogens is 2. The van der Waals surface area contributed by atoms with Crippen molar-refractivity contribution < 1.29 is 18.3 Å². The van der Waals surface area contributed by atoms with Gasteiger partial charge in [0.25, 0.3) is 0 Å². The fourth-order valence-corrected chi connectivity index (χ4v) is 4.31. The third-order valence-electron chi connectivity index (χ3n) is 3.42. The molecule has 1 saturated heterocycles. The second-order valence-corrected chi connectivity index (χ2v) is 8.02. The van der Waals surface area contributed by atoms with Crippen molar-refractivity contribution in [1.82, 2.24) is 4.31 Å². The molecule has 1 aliphatic heterocycles. The van der Waals surface area contributed by atoms with Crippen molar-refractivity contribution in [3.63, 3.8) is 0 Å². The normalized spacial score (nSPS) is 23.9. The summed E-state index contributed by atoms with van der Waals surface area (Å²) < 4.78 is 26.8. The minimum absolute atomic E-state index is 0.00742. The molecule has 0 spiro atoms. The first-order valence-corrected chi connectivity index (χ1v) is 8.52. The molecule has 0 bridgehead atoms. The predicted molar refractivity (Wildman–Crippen MR) is 78.2 cm³/mol.